The second kappa shape index (κ2) is 6.98. The summed E-state index contributed by atoms with van der Waals surface area (Å²) in [5, 5.41) is 16.9. The van der Waals surface area contributed by atoms with E-state index in [0.717, 1.165) is 0 Å². The van der Waals surface area contributed by atoms with Crippen LogP contribution in [0.4, 0.5) is 0 Å². The van der Waals surface area contributed by atoms with E-state index in [-0.39, 0.29) is 12.0 Å². The number of carbonyl (C=O) groups is 2. The minimum atomic E-state index is -1.03. The van der Waals surface area contributed by atoms with Gasteiger partial charge in [-0.2, -0.15) is 5.10 Å². The largest absolute Gasteiger partial charge is 0.480 e. The van der Waals surface area contributed by atoms with Gasteiger partial charge in [0.15, 0.2) is 5.65 Å². The summed E-state index contributed by atoms with van der Waals surface area (Å²) in [5.41, 5.74) is 1.72. The lowest BCUT2D eigenvalue weighted by molar-refractivity contribution is -0.139. The Morgan fingerprint density at radius 1 is 1.29 bits per heavy atom. The number of carboxylic acid groups (broad SMARTS) is 1. The molecule has 0 aliphatic heterocycles. The molecular formula is C17H24N4O3. The maximum atomic E-state index is 12.6. The number of pyridine rings is 1. The van der Waals surface area contributed by atoms with Crippen molar-refractivity contribution < 1.29 is 14.7 Å². The van der Waals surface area contributed by atoms with Crippen LogP contribution in [0.15, 0.2) is 12.3 Å². The molecule has 7 heteroatoms. The van der Waals surface area contributed by atoms with Gasteiger partial charge in [0.25, 0.3) is 5.91 Å². The number of rotatable bonds is 6. The Kier molecular flexibility index (Phi) is 5.21. The van der Waals surface area contributed by atoms with Gasteiger partial charge in [-0.25, -0.2) is 14.5 Å². The average Bonchev–Trinajstić information content (AvgIpc) is 2.88. The number of amides is 1. The highest BCUT2D eigenvalue weighted by Crippen LogP contribution is 2.21. The predicted octanol–water partition coefficient (Wildman–Crippen LogP) is 2.55. The Morgan fingerprint density at radius 3 is 2.50 bits per heavy atom. The summed E-state index contributed by atoms with van der Waals surface area (Å²) in [7, 11) is 0. The molecule has 0 radical (unpaired) electrons. The first-order valence-electron chi connectivity index (χ1n) is 8.09. The number of carbonyl (C=O) groups excluding carboxylic acids is 1. The maximum absolute atomic E-state index is 12.6. The SMILES string of the molecule is Cc1cc(C(=O)NC(CC(C)C)C(=O)O)c2cnn(C(C)C)c2n1. The predicted molar refractivity (Wildman–Crippen MR) is 91.0 cm³/mol. The molecule has 0 aliphatic rings. The van der Waals surface area contributed by atoms with E-state index in [2.05, 4.69) is 15.4 Å². The van der Waals surface area contributed by atoms with Crippen LogP contribution in [0.2, 0.25) is 0 Å². The molecule has 0 saturated carbocycles. The zero-order valence-corrected chi connectivity index (χ0v) is 14.7. The summed E-state index contributed by atoms with van der Waals surface area (Å²) >= 11 is 0. The molecule has 0 fully saturated rings. The molecule has 0 aromatic carbocycles. The van der Waals surface area contributed by atoms with E-state index in [4.69, 9.17) is 0 Å². The first-order valence-corrected chi connectivity index (χ1v) is 8.09. The van der Waals surface area contributed by atoms with Crippen LogP contribution in [0.3, 0.4) is 0 Å². The first-order chi connectivity index (χ1) is 11.2. The van der Waals surface area contributed by atoms with E-state index in [0.29, 0.717) is 28.7 Å². The molecule has 2 heterocycles. The van der Waals surface area contributed by atoms with Crippen LogP contribution in [0.1, 0.15) is 56.2 Å². The van der Waals surface area contributed by atoms with Gasteiger partial charge >= 0.3 is 5.97 Å². The Bertz CT molecular complexity index is 765. The third-order valence-electron chi connectivity index (χ3n) is 3.74. The van der Waals surface area contributed by atoms with Crippen molar-refractivity contribution in [2.45, 2.75) is 53.1 Å². The van der Waals surface area contributed by atoms with Crippen molar-refractivity contribution >= 4 is 22.9 Å². The number of hydrogen-bond donors (Lipinski definition) is 2. The molecule has 0 saturated heterocycles. The Balaban J connectivity index is 2.40. The van der Waals surface area contributed by atoms with Crippen molar-refractivity contribution in [3.8, 4) is 0 Å². The van der Waals surface area contributed by atoms with Crippen molar-refractivity contribution in [1.82, 2.24) is 20.1 Å². The molecule has 24 heavy (non-hydrogen) atoms. The molecule has 7 nitrogen and oxygen atoms in total. The van der Waals surface area contributed by atoms with E-state index >= 15 is 0 Å². The Morgan fingerprint density at radius 2 is 1.96 bits per heavy atom. The molecule has 1 unspecified atom stereocenters. The standard InChI is InChI=1S/C17H24N4O3/c1-9(2)6-14(17(23)24)20-16(22)12-7-11(5)19-15-13(12)8-18-21(15)10(3)4/h7-10,14H,6H2,1-5H3,(H,20,22)(H,23,24). The van der Waals surface area contributed by atoms with E-state index in [1.807, 2.05) is 27.7 Å². The quantitative estimate of drug-likeness (QED) is 0.847. The van der Waals surface area contributed by atoms with Crippen molar-refractivity contribution in [3.63, 3.8) is 0 Å². The van der Waals surface area contributed by atoms with Crippen LogP contribution in [0.25, 0.3) is 11.0 Å². The van der Waals surface area contributed by atoms with Crippen LogP contribution >= 0.6 is 0 Å². The summed E-state index contributed by atoms with van der Waals surface area (Å²) in [4.78, 5) is 28.5. The molecule has 130 valence electrons. The van der Waals surface area contributed by atoms with Crippen molar-refractivity contribution in [2.75, 3.05) is 0 Å². The lowest BCUT2D eigenvalue weighted by Gasteiger charge is -2.17. The number of nitrogens with one attached hydrogen (secondary N) is 1. The lowest BCUT2D eigenvalue weighted by atomic mass is 10.0. The fourth-order valence-corrected chi connectivity index (χ4v) is 2.64. The fraction of sp³-hybridized carbons (Fsp3) is 0.529. The summed E-state index contributed by atoms with van der Waals surface area (Å²) in [6.07, 6.45) is 1.98. The number of aromatic nitrogens is 3. The lowest BCUT2D eigenvalue weighted by Crippen LogP contribution is -2.41. The van der Waals surface area contributed by atoms with Gasteiger partial charge in [0.05, 0.1) is 17.1 Å². The molecule has 2 aromatic heterocycles. The fourth-order valence-electron chi connectivity index (χ4n) is 2.64. The van der Waals surface area contributed by atoms with Gasteiger partial charge in [0.1, 0.15) is 6.04 Å². The van der Waals surface area contributed by atoms with Gasteiger partial charge in [-0.15, -0.1) is 0 Å². The van der Waals surface area contributed by atoms with Gasteiger partial charge in [0, 0.05) is 11.7 Å². The summed E-state index contributed by atoms with van der Waals surface area (Å²) in [6, 6.07) is 0.861. The van der Waals surface area contributed by atoms with Crippen molar-refractivity contribution in [2.24, 2.45) is 5.92 Å². The molecule has 2 rings (SSSR count). The molecule has 2 aromatic rings. The van der Waals surface area contributed by atoms with Crippen LogP contribution in [0.5, 0.6) is 0 Å². The van der Waals surface area contributed by atoms with E-state index in [1.54, 1.807) is 23.9 Å². The molecule has 0 spiro atoms. The molecule has 1 amide bonds. The first kappa shape index (κ1) is 17.9. The van der Waals surface area contributed by atoms with Crippen molar-refractivity contribution in [3.05, 3.63) is 23.5 Å². The highest BCUT2D eigenvalue weighted by atomic mass is 16.4. The van der Waals surface area contributed by atoms with Gasteiger partial charge in [0.2, 0.25) is 0 Å². The van der Waals surface area contributed by atoms with Crippen LogP contribution in [-0.4, -0.2) is 37.8 Å². The number of carboxylic acids is 1. The molecule has 0 bridgehead atoms. The number of fused-ring (bicyclic) bond motifs is 1. The zero-order chi connectivity index (χ0) is 18.0. The van der Waals surface area contributed by atoms with Crippen LogP contribution in [-0.2, 0) is 4.79 Å². The van der Waals surface area contributed by atoms with E-state index in [9.17, 15) is 14.7 Å². The zero-order valence-electron chi connectivity index (χ0n) is 14.7. The highest BCUT2D eigenvalue weighted by Gasteiger charge is 2.24. The summed E-state index contributed by atoms with van der Waals surface area (Å²) < 4.78 is 1.75. The second-order valence-electron chi connectivity index (χ2n) is 6.73. The molecular weight excluding hydrogens is 308 g/mol. The molecule has 1 atom stereocenters. The minimum Gasteiger partial charge on any atom is -0.480 e. The number of hydrogen-bond acceptors (Lipinski definition) is 4. The monoisotopic (exact) mass is 332 g/mol. The van der Waals surface area contributed by atoms with Crippen LogP contribution in [0, 0.1) is 12.8 Å². The molecule has 0 aliphatic carbocycles. The van der Waals surface area contributed by atoms with Gasteiger partial charge in [-0.05, 0) is 39.2 Å². The highest BCUT2D eigenvalue weighted by molar-refractivity contribution is 6.06. The number of aliphatic carboxylic acids is 1. The Labute approximate surface area is 141 Å². The minimum absolute atomic E-state index is 0.112. The van der Waals surface area contributed by atoms with Gasteiger partial charge < -0.3 is 10.4 Å². The van der Waals surface area contributed by atoms with Gasteiger partial charge in [-0.3, -0.25) is 4.79 Å². The summed E-state index contributed by atoms with van der Waals surface area (Å²) in [5.74, 6) is -1.28. The number of aryl methyl sites for hydroxylation is 1. The topological polar surface area (TPSA) is 97.1 Å². The third-order valence-corrected chi connectivity index (χ3v) is 3.74. The van der Waals surface area contributed by atoms with E-state index < -0.39 is 17.9 Å². The molecule has 2 N–H and O–H groups in total. The number of nitrogens with zero attached hydrogens (tertiary/aromatic N) is 3. The average molecular weight is 332 g/mol. The third kappa shape index (κ3) is 3.72. The summed E-state index contributed by atoms with van der Waals surface area (Å²) in [6.45, 7) is 9.61. The van der Waals surface area contributed by atoms with E-state index in [1.165, 1.54) is 0 Å². The van der Waals surface area contributed by atoms with Crippen LogP contribution < -0.4 is 5.32 Å². The second-order valence-corrected chi connectivity index (χ2v) is 6.73. The van der Waals surface area contributed by atoms with Crippen molar-refractivity contribution in [1.29, 1.82) is 0 Å². The van der Waals surface area contributed by atoms with Gasteiger partial charge in [-0.1, -0.05) is 13.8 Å². The normalized spacial score (nSPS) is 12.8. The maximum Gasteiger partial charge on any atom is 0.326 e. The Hall–Kier alpha value is -2.44. The smallest absolute Gasteiger partial charge is 0.326 e.